The normalized spacial score (nSPS) is 12.4. The third-order valence-corrected chi connectivity index (χ3v) is 4.25. The molecular weight excluding hydrogens is 298 g/mol. The number of aryl methyl sites for hydroxylation is 1. The van der Waals surface area contributed by atoms with Crippen molar-refractivity contribution < 1.29 is 9.32 Å². The summed E-state index contributed by atoms with van der Waals surface area (Å²) < 4.78 is 4.94. The number of benzene rings is 1. The highest BCUT2D eigenvalue weighted by molar-refractivity contribution is 7.98. The molecule has 0 aliphatic carbocycles. The van der Waals surface area contributed by atoms with Crippen molar-refractivity contribution in [1.82, 2.24) is 10.1 Å². The number of thioether (sulfide) groups is 1. The number of amides is 1. The van der Waals surface area contributed by atoms with Crippen LogP contribution in [0.4, 0.5) is 5.82 Å². The summed E-state index contributed by atoms with van der Waals surface area (Å²) in [4.78, 5) is 15.4. The number of nitrogens with zero attached hydrogens (tertiary/aromatic N) is 2. The molecular formula is C16H21N3O2S. The Hall–Kier alpha value is -1.79. The summed E-state index contributed by atoms with van der Waals surface area (Å²) in [5.41, 5.74) is 1.18. The summed E-state index contributed by atoms with van der Waals surface area (Å²) >= 11 is 1.72. The second-order valence-electron chi connectivity index (χ2n) is 5.25. The van der Waals surface area contributed by atoms with Gasteiger partial charge in [-0.3, -0.25) is 9.69 Å². The van der Waals surface area contributed by atoms with Crippen LogP contribution in [0.25, 0.3) is 0 Å². The summed E-state index contributed by atoms with van der Waals surface area (Å²) in [6.07, 6.45) is 2.05. The standard InChI is InChI=1S/C16H21N3O2S/c1-11-9-15(18-21-11)17-16(20)12(2)19(3)10-13-5-7-14(22-4)8-6-13/h5-9,12H,10H2,1-4H3,(H,17,18,20). The molecule has 22 heavy (non-hydrogen) atoms. The van der Waals surface area contributed by atoms with Gasteiger partial charge in [-0.2, -0.15) is 0 Å². The van der Waals surface area contributed by atoms with E-state index in [2.05, 4.69) is 41.0 Å². The minimum absolute atomic E-state index is 0.100. The van der Waals surface area contributed by atoms with E-state index in [1.807, 2.05) is 18.9 Å². The maximum Gasteiger partial charge on any atom is 0.242 e. The maximum atomic E-state index is 12.2. The summed E-state index contributed by atoms with van der Waals surface area (Å²) in [6, 6.07) is 9.80. The van der Waals surface area contributed by atoms with Crippen LogP contribution < -0.4 is 5.32 Å². The van der Waals surface area contributed by atoms with E-state index in [4.69, 9.17) is 4.52 Å². The SMILES string of the molecule is CSc1ccc(CN(C)C(C)C(=O)Nc2cc(C)on2)cc1. The number of nitrogens with one attached hydrogen (secondary N) is 1. The molecule has 1 atom stereocenters. The Bertz CT molecular complexity index is 625. The van der Waals surface area contributed by atoms with Crippen molar-refractivity contribution in [1.29, 1.82) is 0 Å². The first-order valence-electron chi connectivity index (χ1n) is 7.07. The lowest BCUT2D eigenvalue weighted by atomic mass is 10.2. The number of anilines is 1. The molecule has 2 rings (SSSR count). The molecule has 1 aromatic carbocycles. The molecule has 0 spiro atoms. The predicted octanol–water partition coefficient (Wildman–Crippen LogP) is 3.16. The molecule has 5 nitrogen and oxygen atoms in total. The van der Waals surface area contributed by atoms with Crippen LogP contribution >= 0.6 is 11.8 Å². The molecule has 1 aromatic heterocycles. The molecule has 0 fully saturated rings. The highest BCUT2D eigenvalue weighted by Gasteiger charge is 2.19. The second kappa shape index (κ2) is 7.47. The Labute approximate surface area is 135 Å². The number of hydrogen-bond acceptors (Lipinski definition) is 5. The van der Waals surface area contributed by atoms with Crippen LogP contribution in [0, 0.1) is 6.92 Å². The Kier molecular flexibility index (Phi) is 5.63. The number of carbonyl (C=O) groups is 1. The van der Waals surface area contributed by atoms with Gasteiger partial charge in [-0.05, 0) is 44.8 Å². The Morgan fingerprint density at radius 1 is 1.41 bits per heavy atom. The fraction of sp³-hybridized carbons (Fsp3) is 0.375. The molecule has 2 aromatic rings. The van der Waals surface area contributed by atoms with Gasteiger partial charge in [0.1, 0.15) is 5.76 Å². The average Bonchev–Trinajstić information content (AvgIpc) is 2.92. The third kappa shape index (κ3) is 4.35. The molecule has 118 valence electrons. The van der Waals surface area contributed by atoms with Crippen LogP contribution in [0.15, 0.2) is 39.8 Å². The van der Waals surface area contributed by atoms with E-state index in [0.717, 1.165) is 0 Å². The first kappa shape index (κ1) is 16.6. The number of aromatic nitrogens is 1. The van der Waals surface area contributed by atoms with E-state index in [1.165, 1.54) is 10.5 Å². The number of likely N-dealkylation sites (N-methyl/N-ethyl adjacent to an activating group) is 1. The van der Waals surface area contributed by atoms with E-state index >= 15 is 0 Å². The molecule has 1 heterocycles. The van der Waals surface area contributed by atoms with Crippen molar-refractivity contribution in [3.63, 3.8) is 0 Å². The third-order valence-electron chi connectivity index (χ3n) is 3.51. The van der Waals surface area contributed by atoms with Crippen molar-refractivity contribution in [2.75, 3.05) is 18.6 Å². The molecule has 0 aliphatic rings. The first-order valence-corrected chi connectivity index (χ1v) is 8.29. The summed E-state index contributed by atoms with van der Waals surface area (Å²) in [5, 5.41) is 6.53. The van der Waals surface area contributed by atoms with Crippen molar-refractivity contribution in [3.05, 3.63) is 41.7 Å². The van der Waals surface area contributed by atoms with E-state index in [9.17, 15) is 4.79 Å². The summed E-state index contributed by atoms with van der Waals surface area (Å²) in [5.74, 6) is 1.02. The fourth-order valence-electron chi connectivity index (χ4n) is 2.01. The van der Waals surface area contributed by atoms with Crippen LogP contribution in [0.1, 0.15) is 18.2 Å². The van der Waals surface area contributed by atoms with Crippen LogP contribution in [-0.2, 0) is 11.3 Å². The Balaban J connectivity index is 1.92. The molecule has 1 unspecified atom stereocenters. The molecule has 0 saturated heterocycles. The smallest absolute Gasteiger partial charge is 0.242 e. The molecule has 0 radical (unpaired) electrons. The Morgan fingerprint density at radius 2 is 2.09 bits per heavy atom. The van der Waals surface area contributed by atoms with Gasteiger partial charge < -0.3 is 9.84 Å². The van der Waals surface area contributed by atoms with Gasteiger partial charge in [0, 0.05) is 17.5 Å². The Morgan fingerprint density at radius 3 is 2.64 bits per heavy atom. The van der Waals surface area contributed by atoms with E-state index in [0.29, 0.717) is 18.1 Å². The van der Waals surface area contributed by atoms with Gasteiger partial charge in [0.25, 0.3) is 0 Å². The topological polar surface area (TPSA) is 58.4 Å². The molecule has 6 heteroatoms. The van der Waals surface area contributed by atoms with Crippen molar-refractivity contribution in [2.24, 2.45) is 0 Å². The van der Waals surface area contributed by atoms with Crippen molar-refractivity contribution in [3.8, 4) is 0 Å². The predicted molar refractivity (Wildman–Crippen MR) is 89.0 cm³/mol. The first-order chi connectivity index (χ1) is 10.5. The lowest BCUT2D eigenvalue weighted by Crippen LogP contribution is -2.39. The van der Waals surface area contributed by atoms with Crippen molar-refractivity contribution in [2.45, 2.75) is 31.3 Å². The van der Waals surface area contributed by atoms with Crippen LogP contribution in [-0.4, -0.2) is 35.3 Å². The van der Waals surface area contributed by atoms with Crippen LogP contribution in [0.2, 0.25) is 0 Å². The van der Waals surface area contributed by atoms with Crippen LogP contribution in [0.5, 0.6) is 0 Å². The zero-order valence-corrected chi connectivity index (χ0v) is 14.1. The van der Waals surface area contributed by atoms with Crippen LogP contribution in [0.3, 0.4) is 0 Å². The largest absolute Gasteiger partial charge is 0.360 e. The monoisotopic (exact) mass is 319 g/mol. The highest BCUT2D eigenvalue weighted by atomic mass is 32.2. The lowest BCUT2D eigenvalue weighted by Gasteiger charge is -2.23. The molecule has 0 bridgehead atoms. The van der Waals surface area contributed by atoms with Crippen molar-refractivity contribution >= 4 is 23.5 Å². The fourth-order valence-corrected chi connectivity index (χ4v) is 2.42. The van der Waals surface area contributed by atoms with E-state index in [1.54, 1.807) is 24.8 Å². The minimum atomic E-state index is -0.266. The van der Waals surface area contributed by atoms with E-state index in [-0.39, 0.29) is 11.9 Å². The zero-order chi connectivity index (χ0) is 16.1. The quantitative estimate of drug-likeness (QED) is 0.829. The van der Waals surface area contributed by atoms with Gasteiger partial charge in [-0.25, -0.2) is 0 Å². The molecule has 1 amide bonds. The van der Waals surface area contributed by atoms with Gasteiger partial charge in [0.2, 0.25) is 5.91 Å². The molecule has 0 saturated carbocycles. The lowest BCUT2D eigenvalue weighted by molar-refractivity contribution is -0.120. The number of rotatable bonds is 6. The minimum Gasteiger partial charge on any atom is -0.360 e. The van der Waals surface area contributed by atoms with Gasteiger partial charge in [0.05, 0.1) is 6.04 Å². The van der Waals surface area contributed by atoms with Gasteiger partial charge in [0.15, 0.2) is 5.82 Å². The molecule has 0 aliphatic heterocycles. The highest BCUT2D eigenvalue weighted by Crippen LogP contribution is 2.16. The second-order valence-corrected chi connectivity index (χ2v) is 6.13. The van der Waals surface area contributed by atoms with Gasteiger partial charge in [-0.1, -0.05) is 17.3 Å². The van der Waals surface area contributed by atoms with E-state index < -0.39 is 0 Å². The maximum absolute atomic E-state index is 12.2. The van der Waals surface area contributed by atoms with Gasteiger partial charge >= 0.3 is 0 Å². The van der Waals surface area contributed by atoms with Gasteiger partial charge in [-0.15, -0.1) is 11.8 Å². The molecule has 1 N–H and O–H groups in total. The number of carbonyl (C=O) groups excluding carboxylic acids is 1. The summed E-state index contributed by atoms with van der Waals surface area (Å²) in [7, 11) is 1.93. The number of hydrogen-bond donors (Lipinski definition) is 1. The summed E-state index contributed by atoms with van der Waals surface area (Å²) in [6.45, 7) is 4.37. The average molecular weight is 319 g/mol. The zero-order valence-electron chi connectivity index (χ0n) is 13.3.